The minimum Gasteiger partial charge on any atom is -0.318 e. The molecule has 0 N–H and O–H groups in total. The molecule has 0 aliphatic heterocycles. The lowest BCUT2D eigenvalue weighted by molar-refractivity contribution is -0.140. The summed E-state index contributed by atoms with van der Waals surface area (Å²) >= 11 is 0. The molecule has 0 atom stereocenters. The average Bonchev–Trinajstić information content (AvgIpc) is 2.45. The van der Waals surface area contributed by atoms with Gasteiger partial charge in [-0.2, -0.15) is 10.2 Å². The van der Waals surface area contributed by atoms with E-state index in [2.05, 4.69) is 20.1 Å². The van der Waals surface area contributed by atoms with E-state index in [4.69, 9.17) is 5.26 Å². The van der Waals surface area contributed by atoms with Crippen LogP contribution in [0.2, 0.25) is 0 Å². The standard InChI is InChI=1S/C7H7N5O2/c1-5(13)14-9-4-6-10-7(3-8)12(2)11-6/h4H,1-2H3/b9-4+. The van der Waals surface area contributed by atoms with Gasteiger partial charge >= 0.3 is 5.97 Å². The molecule has 0 saturated heterocycles. The summed E-state index contributed by atoms with van der Waals surface area (Å²) in [5.74, 6) is -0.155. The maximum atomic E-state index is 10.3. The fraction of sp³-hybridized carbons (Fsp3) is 0.286. The molecule has 72 valence electrons. The van der Waals surface area contributed by atoms with Gasteiger partial charge in [0.2, 0.25) is 5.82 Å². The average molecular weight is 193 g/mol. The lowest BCUT2D eigenvalue weighted by atomic mass is 10.6. The predicted molar refractivity (Wildman–Crippen MR) is 45.1 cm³/mol. The van der Waals surface area contributed by atoms with E-state index in [0.29, 0.717) is 0 Å². The largest absolute Gasteiger partial charge is 0.331 e. The molecule has 0 amide bonds. The molecular weight excluding hydrogens is 186 g/mol. The van der Waals surface area contributed by atoms with Crippen LogP contribution in [-0.2, 0) is 16.7 Å². The quantitative estimate of drug-likeness (QED) is 0.361. The van der Waals surface area contributed by atoms with Crippen molar-refractivity contribution in [3.05, 3.63) is 11.6 Å². The summed E-state index contributed by atoms with van der Waals surface area (Å²) in [6, 6.07) is 1.83. The highest BCUT2D eigenvalue weighted by molar-refractivity contribution is 5.75. The van der Waals surface area contributed by atoms with E-state index in [1.54, 1.807) is 7.05 Å². The first-order valence-corrected chi connectivity index (χ1v) is 3.65. The van der Waals surface area contributed by atoms with Crippen LogP contribution in [0, 0.1) is 11.3 Å². The molecule has 14 heavy (non-hydrogen) atoms. The molecule has 0 fully saturated rings. The van der Waals surface area contributed by atoms with Gasteiger partial charge in [-0.1, -0.05) is 5.16 Å². The van der Waals surface area contributed by atoms with Gasteiger partial charge in [-0.25, -0.2) is 9.48 Å². The number of hydrogen-bond donors (Lipinski definition) is 0. The summed E-state index contributed by atoms with van der Waals surface area (Å²) in [4.78, 5) is 18.4. The van der Waals surface area contributed by atoms with E-state index in [9.17, 15) is 4.79 Å². The van der Waals surface area contributed by atoms with Gasteiger partial charge in [-0.05, 0) is 0 Å². The van der Waals surface area contributed by atoms with Crippen LogP contribution in [0.3, 0.4) is 0 Å². The van der Waals surface area contributed by atoms with E-state index in [0.717, 1.165) is 6.21 Å². The third kappa shape index (κ3) is 2.38. The lowest BCUT2D eigenvalue weighted by Gasteiger charge is -1.85. The molecule has 1 aromatic rings. The van der Waals surface area contributed by atoms with Crippen LogP contribution in [0.1, 0.15) is 18.6 Å². The number of nitriles is 1. The number of hydrogen-bond acceptors (Lipinski definition) is 6. The normalized spacial score (nSPS) is 10.1. The molecule has 0 unspecified atom stereocenters. The molecule has 0 spiro atoms. The molecule has 0 bridgehead atoms. The Labute approximate surface area is 79.6 Å². The van der Waals surface area contributed by atoms with Crippen LogP contribution in [0.4, 0.5) is 0 Å². The number of aryl methyl sites for hydroxylation is 1. The first kappa shape index (κ1) is 9.85. The van der Waals surface area contributed by atoms with Crippen molar-refractivity contribution in [2.75, 3.05) is 0 Å². The van der Waals surface area contributed by atoms with Gasteiger partial charge in [0.15, 0.2) is 5.82 Å². The van der Waals surface area contributed by atoms with Crippen molar-refractivity contribution in [3.63, 3.8) is 0 Å². The highest BCUT2D eigenvalue weighted by Gasteiger charge is 2.03. The van der Waals surface area contributed by atoms with Crippen LogP contribution < -0.4 is 0 Å². The third-order valence-electron chi connectivity index (χ3n) is 1.23. The second kappa shape index (κ2) is 4.13. The Hall–Kier alpha value is -2.23. The zero-order valence-corrected chi connectivity index (χ0v) is 7.63. The molecule has 0 aliphatic carbocycles. The molecule has 7 heteroatoms. The van der Waals surface area contributed by atoms with Crippen molar-refractivity contribution in [2.24, 2.45) is 12.2 Å². The summed E-state index contributed by atoms with van der Waals surface area (Å²) in [6.45, 7) is 1.23. The molecule has 1 heterocycles. The summed E-state index contributed by atoms with van der Waals surface area (Å²) in [5.41, 5.74) is 0. The Morgan fingerprint density at radius 3 is 3.00 bits per heavy atom. The number of carbonyl (C=O) groups is 1. The number of carbonyl (C=O) groups excluding carboxylic acids is 1. The highest BCUT2D eigenvalue weighted by atomic mass is 16.7. The highest BCUT2D eigenvalue weighted by Crippen LogP contribution is 1.92. The Kier molecular flexibility index (Phi) is 2.91. The monoisotopic (exact) mass is 193 g/mol. The van der Waals surface area contributed by atoms with Crippen LogP contribution in [0.5, 0.6) is 0 Å². The predicted octanol–water partition coefficient (Wildman–Crippen LogP) is -0.416. The van der Waals surface area contributed by atoms with E-state index in [1.165, 1.54) is 11.6 Å². The smallest absolute Gasteiger partial charge is 0.318 e. The molecule has 0 aliphatic rings. The van der Waals surface area contributed by atoms with E-state index < -0.39 is 5.97 Å². The first-order chi connectivity index (χ1) is 6.63. The minimum atomic E-state index is -0.530. The summed E-state index contributed by atoms with van der Waals surface area (Å²) < 4.78 is 1.30. The Balaban J connectivity index is 2.74. The number of aromatic nitrogens is 3. The van der Waals surface area contributed by atoms with Crippen LogP contribution in [-0.4, -0.2) is 26.9 Å². The zero-order chi connectivity index (χ0) is 10.6. The third-order valence-corrected chi connectivity index (χ3v) is 1.23. The molecule has 0 saturated carbocycles. The van der Waals surface area contributed by atoms with Crippen LogP contribution in [0.25, 0.3) is 0 Å². The SMILES string of the molecule is CC(=O)O/N=C/c1nc(C#N)n(C)n1. The first-order valence-electron chi connectivity index (χ1n) is 3.65. The number of oxime groups is 1. The van der Waals surface area contributed by atoms with Crippen LogP contribution >= 0.6 is 0 Å². The summed E-state index contributed by atoms with van der Waals surface area (Å²) in [7, 11) is 1.58. The van der Waals surface area contributed by atoms with Gasteiger partial charge < -0.3 is 4.84 Å². The van der Waals surface area contributed by atoms with Crippen molar-refractivity contribution < 1.29 is 9.63 Å². The Morgan fingerprint density at radius 1 is 1.79 bits per heavy atom. The Morgan fingerprint density at radius 2 is 2.50 bits per heavy atom. The van der Waals surface area contributed by atoms with Gasteiger partial charge in [0.1, 0.15) is 12.3 Å². The fourth-order valence-electron chi connectivity index (χ4n) is 0.704. The Bertz CT molecular complexity index is 414. The summed E-state index contributed by atoms with van der Waals surface area (Å²) in [6.07, 6.45) is 1.16. The maximum absolute atomic E-state index is 10.3. The summed E-state index contributed by atoms with van der Waals surface area (Å²) in [5, 5.41) is 15.7. The molecule has 1 aromatic heterocycles. The van der Waals surface area contributed by atoms with Gasteiger partial charge in [-0.15, -0.1) is 5.10 Å². The zero-order valence-electron chi connectivity index (χ0n) is 7.63. The lowest BCUT2D eigenvalue weighted by Crippen LogP contribution is -1.95. The van der Waals surface area contributed by atoms with Crippen molar-refractivity contribution in [1.82, 2.24) is 14.8 Å². The van der Waals surface area contributed by atoms with Crippen molar-refractivity contribution >= 4 is 12.2 Å². The molecule has 0 radical (unpaired) electrons. The maximum Gasteiger partial charge on any atom is 0.331 e. The number of rotatable bonds is 2. The van der Waals surface area contributed by atoms with Crippen molar-refractivity contribution in [2.45, 2.75) is 6.92 Å². The van der Waals surface area contributed by atoms with Crippen molar-refractivity contribution in [3.8, 4) is 6.07 Å². The van der Waals surface area contributed by atoms with E-state index in [-0.39, 0.29) is 11.6 Å². The number of nitrogens with zero attached hydrogens (tertiary/aromatic N) is 5. The van der Waals surface area contributed by atoms with Gasteiger partial charge in [0.25, 0.3) is 0 Å². The van der Waals surface area contributed by atoms with E-state index >= 15 is 0 Å². The molecule has 7 nitrogen and oxygen atoms in total. The fourth-order valence-corrected chi connectivity index (χ4v) is 0.704. The minimum absolute atomic E-state index is 0.161. The van der Waals surface area contributed by atoms with E-state index in [1.807, 2.05) is 6.07 Å². The van der Waals surface area contributed by atoms with Gasteiger partial charge in [0.05, 0.1) is 0 Å². The molecular formula is C7H7N5O2. The topological polar surface area (TPSA) is 93.2 Å². The van der Waals surface area contributed by atoms with Crippen LogP contribution in [0.15, 0.2) is 5.16 Å². The van der Waals surface area contributed by atoms with Crippen molar-refractivity contribution in [1.29, 1.82) is 5.26 Å². The second-order valence-corrected chi connectivity index (χ2v) is 2.35. The molecule has 1 rings (SSSR count). The second-order valence-electron chi connectivity index (χ2n) is 2.35. The van der Waals surface area contributed by atoms with Gasteiger partial charge in [0, 0.05) is 14.0 Å². The molecule has 0 aromatic carbocycles. The van der Waals surface area contributed by atoms with Gasteiger partial charge in [-0.3, -0.25) is 0 Å².